The molecular formula is C19H14ClF6N3O2. The number of carbonyl (C=O) groups excluding carboxylic acids is 2. The lowest BCUT2D eigenvalue weighted by molar-refractivity contribution is -0.161. The number of piperazine rings is 1. The quantitative estimate of drug-likeness (QED) is 0.633. The van der Waals surface area contributed by atoms with E-state index in [9.17, 15) is 35.9 Å². The zero-order chi connectivity index (χ0) is 23.1. The minimum atomic E-state index is -4.59. The number of rotatable bonds is 4. The van der Waals surface area contributed by atoms with Crippen LogP contribution in [-0.4, -0.2) is 40.2 Å². The smallest absolute Gasteiger partial charge is 0.317 e. The molecule has 1 unspecified atom stereocenters. The highest BCUT2D eigenvalue weighted by molar-refractivity contribution is 6.30. The van der Waals surface area contributed by atoms with Crippen molar-refractivity contribution < 1.29 is 35.9 Å². The highest BCUT2D eigenvalue weighted by Gasteiger charge is 2.56. The van der Waals surface area contributed by atoms with Gasteiger partial charge in [0.25, 0.3) is 12.3 Å². The average Bonchev–Trinajstić information content (AvgIpc) is 2.68. The van der Waals surface area contributed by atoms with Crippen LogP contribution in [0.4, 0.5) is 32.2 Å². The molecule has 3 rings (SSSR count). The minimum Gasteiger partial charge on any atom is -0.317 e. The van der Waals surface area contributed by atoms with E-state index < -0.39 is 60.2 Å². The SMILES string of the molecule is CC1(C(F)F)C(=O)N(c2ncc(Cl)cc2F)CC(=O)N1Cc1ccc(C(F)(F)F)cc1. The van der Waals surface area contributed by atoms with Crippen LogP contribution in [0.15, 0.2) is 36.5 Å². The van der Waals surface area contributed by atoms with Gasteiger partial charge in [0.1, 0.15) is 6.54 Å². The molecule has 0 N–H and O–H groups in total. The molecule has 0 radical (unpaired) electrons. The molecule has 0 saturated carbocycles. The third kappa shape index (κ3) is 4.18. The van der Waals surface area contributed by atoms with Crippen molar-refractivity contribution in [3.8, 4) is 0 Å². The lowest BCUT2D eigenvalue weighted by Crippen LogP contribution is -2.70. The maximum atomic E-state index is 14.2. The van der Waals surface area contributed by atoms with Crippen LogP contribution in [0.2, 0.25) is 5.02 Å². The Labute approximate surface area is 177 Å². The summed E-state index contributed by atoms with van der Waals surface area (Å²) in [5.41, 5.74) is -3.55. The summed E-state index contributed by atoms with van der Waals surface area (Å²) in [6.07, 6.45) is -6.98. The van der Waals surface area contributed by atoms with Crippen LogP contribution in [0.5, 0.6) is 0 Å². The highest BCUT2D eigenvalue weighted by atomic mass is 35.5. The van der Waals surface area contributed by atoms with Crippen molar-refractivity contribution in [1.29, 1.82) is 0 Å². The monoisotopic (exact) mass is 465 g/mol. The molecule has 0 aliphatic carbocycles. The van der Waals surface area contributed by atoms with Gasteiger partial charge in [0.15, 0.2) is 17.2 Å². The zero-order valence-corrected chi connectivity index (χ0v) is 16.5. The number of amides is 2. The van der Waals surface area contributed by atoms with Gasteiger partial charge in [-0.1, -0.05) is 23.7 Å². The Balaban J connectivity index is 1.95. The standard InChI is InChI=1S/C19H14ClF6N3O2/c1-18(16(22)23)17(31)28(15-13(21)6-12(20)7-27-15)9-14(30)29(18)8-10-2-4-11(5-3-10)19(24,25)26/h2-7,16H,8-9H2,1H3. The number of aromatic nitrogens is 1. The summed E-state index contributed by atoms with van der Waals surface area (Å²) < 4.78 is 80.5. The number of hydrogen-bond donors (Lipinski definition) is 0. The van der Waals surface area contributed by atoms with Gasteiger partial charge in [-0.05, 0) is 30.7 Å². The van der Waals surface area contributed by atoms with Gasteiger partial charge in [0.05, 0.1) is 10.6 Å². The molecule has 1 fully saturated rings. The van der Waals surface area contributed by atoms with Crippen molar-refractivity contribution in [2.45, 2.75) is 31.6 Å². The molecule has 12 heteroatoms. The van der Waals surface area contributed by atoms with E-state index >= 15 is 0 Å². The lowest BCUT2D eigenvalue weighted by Gasteiger charge is -2.46. The molecule has 31 heavy (non-hydrogen) atoms. The van der Waals surface area contributed by atoms with Gasteiger partial charge in [0, 0.05) is 12.7 Å². The number of nitrogens with zero attached hydrogens (tertiary/aromatic N) is 3. The van der Waals surface area contributed by atoms with Crippen molar-refractivity contribution >= 4 is 29.2 Å². The lowest BCUT2D eigenvalue weighted by atomic mass is 9.93. The first kappa shape index (κ1) is 22.9. The number of carbonyl (C=O) groups is 2. The summed E-state index contributed by atoms with van der Waals surface area (Å²) >= 11 is 5.61. The van der Waals surface area contributed by atoms with E-state index in [1.165, 1.54) is 0 Å². The molecule has 1 aromatic heterocycles. The number of anilines is 1. The van der Waals surface area contributed by atoms with Gasteiger partial charge >= 0.3 is 6.18 Å². The number of hydrogen-bond acceptors (Lipinski definition) is 3. The van der Waals surface area contributed by atoms with Gasteiger partial charge in [-0.2, -0.15) is 13.2 Å². The first-order chi connectivity index (χ1) is 14.4. The van der Waals surface area contributed by atoms with Crippen LogP contribution in [-0.2, 0) is 22.3 Å². The second kappa shape index (κ2) is 8.03. The van der Waals surface area contributed by atoms with Crippen LogP contribution in [0.25, 0.3) is 0 Å². The van der Waals surface area contributed by atoms with Gasteiger partial charge in [-0.3, -0.25) is 14.5 Å². The zero-order valence-electron chi connectivity index (χ0n) is 15.8. The van der Waals surface area contributed by atoms with Crippen molar-refractivity contribution in [2.24, 2.45) is 0 Å². The van der Waals surface area contributed by atoms with E-state index in [-0.39, 0.29) is 10.6 Å². The second-order valence-electron chi connectivity index (χ2n) is 6.97. The summed E-state index contributed by atoms with van der Waals surface area (Å²) in [6, 6.07) is 4.35. The topological polar surface area (TPSA) is 53.5 Å². The fraction of sp³-hybridized carbons (Fsp3) is 0.316. The van der Waals surface area contributed by atoms with Gasteiger partial charge < -0.3 is 4.90 Å². The Morgan fingerprint density at radius 2 is 1.81 bits per heavy atom. The molecule has 166 valence electrons. The van der Waals surface area contributed by atoms with E-state index in [4.69, 9.17) is 11.6 Å². The predicted molar refractivity (Wildman–Crippen MR) is 98.0 cm³/mol. The van der Waals surface area contributed by atoms with E-state index in [0.29, 0.717) is 9.80 Å². The van der Waals surface area contributed by atoms with E-state index in [1.807, 2.05) is 0 Å². The molecule has 0 spiro atoms. The molecular weight excluding hydrogens is 452 g/mol. The first-order valence-corrected chi connectivity index (χ1v) is 9.11. The average molecular weight is 466 g/mol. The van der Waals surface area contributed by atoms with Crippen LogP contribution >= 0.6 is 11.6 Å². The number of pyridine rings is 1. The number of alkyl halides is 5. The van der Waals surface area contributed by atoms with Crippen LogP contribution in [0, 0.1) is 5.82 Å². The van der Waals surface area contributed by atoms with E-state index in [0.717, 1.165) is 43.5 Å². The molecule has 1 aliphatic heterocycles. The molecule has 1 saturated heterocycles. The Morgan fingerprint density at radius 3 is 2.32 bits per heavy atom. The van der Waals surface area contributed by atoms with Gasteiger partial charge in [-0.15, -0.1) is 0 Å². The van der Waals surface area contributed by atoms with Crippen LogP contribution < -0.4 is 4.90 Å². The Hall–Kier alpha value is -2.82. The van der Waals surface area contributed by atoms with Crippen LogP contribution in [0.3, 0.4) is 0 Å². The molecule has 2 amide bonds. The van der Waals surface area contributed by atoms with Crippen molar-refractivity contribution in [3.63, 3.8) is 0 Å². The van der Waals surface area contributed by atoms with Crippen LogP contribution in [0.1, 0.15) is 18.1 Å². The maximum Gasteiger partial charge on any atom is 0.416 e. The second-order valence-corrected chi connectivity index (χ2v) is 7.41. The van der Waals surface area contributed by atoms with E-state index in [1.54, 1.807) is 0 Å². The molecule has 2 aromatic rings. The summed E-state index contributed by atoms with van der Waals surface area (Å²) in [6.45, 7) is -0.525. The van der Waals surface area contributed by atoms with E-state index in [2.05, 4.69) is 4.98 Å². The normalized spacial score (nSPS) is 20.0. The molecule has 1 aromatic carbocycles. The number of halogens is 7. The molecule has 2 heterocycles. The van der Waals surface area contributed by atoms with Gasteiger partial charge in [-0.25, -0.2) is 18.2 Å². The highest BCUT2D eigenvalue weighted by Crippen LogP contribution is 2.35. The fourth-order valence-corrected chi connectivity index (χ4v) is 3.31. The molecule has 5 nitrogen and oxygen atoms in total. The summed E-state index contributed by atoms with van der Waals surface area (Å²) in [4.78, 5) is 30.3. The summed E-state index contributed by atoms with van der Waals surface area (Å²) in [5, 5.41) is -0.0995. The molecule has 1 atom stereocenters. The summed E-state index contributed by atoms with van der Waals surface area (Å²) in [7, 11) is 0. The maximum absolute atomic E-state index is 14.2. The van der Waals surface area contributed by atoms with Gasteiger partial charge in [0.2, 0.25) is 5.91 Å². The Morgan fingerprint density at radius 1 is 1.19 bits per heavy atom. The predicted octanol–water partition coefficient (Wildman–Crippen LogP) is 4.29. The number of benzene rings is 1. The Bertz CT molecular complexity index is 1010. The Kier molecular flexibility index (Phi) is 5.92. The summed E-state index contributed by atoms with van der Waals surface area (Å²) in [5.74, 6) is -3.97. The van der Waals surface area contributed by atoms with Crippen molar-refractivity contribution in [3.05, 3.63) is 58.5 Å². The molecule has 0 bridgehead atoms. The minimum absolute atomic E-state index is 0.0995. The largest absolute Gasteiger partial charge is 0.416 e. The third-order valence-corrected chi connectivity index (χ3v) is 5.13. The van der Waals surface area contributed by atoms with Crippen molar-refractivity contribution in [2.75, 3.05) is 11.4 Å². The molecule has 1 aliphatic rings. The van der Waals surface area contributed by atoms with Crippen molar-refractivity contribution in [1.82, 2.24) is 9.88 Å². The third-order valence-electron chi connectivity index (χ3n) is 4.92. The fourth-order valence-electron chi connectivity index (χ4n) is 3.16. The first-order valence-electron chi connectivity index (χ1n) is 8.73.